The van der Waals surface area contributed by atoms with Crippen LogP contribution in [0.5, 0.6) is 11.5 Å². The summed E-state index contributed by atoms with van der Waals surface area (Å²) in [6.07, 6.45) is 2.43. The fourth-order valence-electron chi connectivity index (χ4n) is 4.68. The average molecular weight is 579 g/mol. The summed E-state index contributed by atoms with van der Waals surface area (Å²) >= 11 is 0. The number of nitrogens with zero attached hydrogens (tertiary/aromatic N) is 3. The predicted octanol–water partition coefficient (Wildman–Crippen LogP) is 3.16. The first-order valence-corrected chi connectivity index (χ1v) is 13.5. The molecule has 3 aromatic rings. The molecule has 1 atom stereocenters. The lowest BCUT2D eigenvalue weighted by atomic mass is 10.0. The van der Waals surface area contributed by atoms with E-state index in [4.69, 9.17) is 9.57 Å². The second kappa shape index (κ2) is 11.0. The number of pyridine rings is 1. The molecule has 0 fully saturated rings. The summed E-state index contributed by atoms with van der Waals surface area (Å²) in [5.41, 5.74) is 1.06. The number of hydrogen-bond acceptors (Lipinski definition) is 7. The fourth-order valence-corrected chi connectivity index (χ4v) is 6.00. The smallest absolute Gasteiger partial charge is 0.387 e. The van der Waals surface area contributed by atoms with Gasteiger partial charge in [-0.1, -0.05) is 18.2 Å². The predicted molar refractivity (Wildman–Crippen MR) is 139 cm³/mol. The van der Waals surface area contributed by atoms with Crippen LogP contribution in [0.25, 0.3) is 16.8 Å². The van der Waals surface area contributed by atoms with Gasteiger partial charge in [-0.25, -0.2) is 4.39 Å². The van der Waals surface area contributed by atoms with Crippen LogP contribution < -0.4 is 19.8 Å². The number of rotatable bonds is 8. The monoisotopic (exact) mass is 578 g/mol. The van der Waals surface area contributed by atoms with Gasteiger partial charge in [-0.3, -0.25) is 9.36 Å². The summed E-state index contributed by atoms with van der Waals surface area (Å²) in [6, 6.07) is 10.9. The third-order valence-electron chi connectivity index (χ3n) is 6.60. The lowest BCUT2D eigenvalue weighted by Gasteiger charge is -2.31. The summed E-state index contributed by atoms with van der Waals surface area (Å²) in [5, 5.41) is 1.35. The van der Waals surface area contributed by atoms with Crippen molar-refractivity contribution in [1.82, 2.24) is 18.7 Å². The minimum Gasteiger partial charge on any atom is -0.495 e. The Kier molecular flexibility index (Phi) is 7.59. The van der Waals surface area contributed by atoms with Crippen LogP contribution >= 0.6 is 0 Å². The van der Waals surface area contributed by atoms with Crippen LogP contribution in [0.15, 0.2) is 65.7 Å². The van der Waals surface area contributed by atoms with Gasteiger partial charge in [0.05, 0.1) is 12.8 Å². The van der Waals surface area contributed by atoms with Crippen LogP contribution in [-0.2, 0) is 28.0 Å². The zero-order chi connectivity index (χ0) is 28.6. The first-order chi connectivity index (χ1) is 19.1. The number of halogens is 3. The number of methoxy groups -OCH3 is 1. The van der Waals surface area contributed by atoms with E-state index < -0.39 is 34.4 Å². The number of ether oxygens (including phenoxy) is 2. The third-order valence-corrected chi connectivity index (χ3v) is 8.13. The third kappa shape index (κ3) is 5.43. The molecule has 3 heterocycles. The molecule has 1 N–H and O–H groups in total. The zero-order valence-electron chi connectivity index (χ0n) is 21.4. The van der Waals surface area contributed by atoms with Crippen molar-refractivity contribution in [2.45, 2.75) is 25.7 Å². The zero-order valence-corrected chi connectivity index (χ0v) is 22.2. The number of nitrogens with one attached hydrogen (secondary N) is 1. The highest BCUT2D eigenvalue weighted by Crippen LogP contribution is 2.35. The second-order valence-corrected chi connectivity index (χ2v) is 10.7. The fraction of sp³-hybridized carbons (Fsp3) is 0.269. The topological polar surface area (TPSA) is 102 Å². The van der Waals surface area contributed by atoms with Crippen molar-refractivity contribution >= 4 is 10.2 Å². The molecule has 1 unspecified atom stereocenters. The Morgan fingerprint density at radius 1 is 1.15 bits per heavy atom. The quantitative estimate of drug-likeness (QED) is 0.438. The molecule has 5 rings (SSSR count). The molecule has 212 valence electrons. The number of hydroxylamine groups is 2. The molecule has 1 aromatic heterocycles. The van der Waals surface area contributed by atoms with Gasteiger partial charge < -0.3 is 14.3 Å². The van der Waals surface area contributed by atoms with Crippen LogP contribution in [0.1, 0.15) is 11.3 Å². The van der Waals surface area contributed by atoms with Crippen molar-refractivity contribution in [3.8, 4) is 28.3 Å². The molecular formula is C26H25F3N4O6S. The van der Waals surface area contributed by atoms with Gasteiger partial charge in [0, 0.05) is 49.9 Å². The Balaban J connectivity index is 1.49. The van der Waals surface area contributed by atoms with Gasteiger partial charge in [0.1, 0.15) is 29.7 Å². The van der Waals surface area contributed by atoms with E-state index in [1.54, 1.807) is 19.2 Å². The Morgan fingerprint density at radius 2 is 1.95 bits per heavy atom. The van der Waals surface area contributed by atoms with E-state index >= 15 is 4.39 Å². The maximum absolute atomic E-state index is 15.5. The number of hydrogen-bond donors (Lipinski definition) is 1. The van der Waals surface area contributed by atoms with E-state index in [9.17, 15) is 22.0 Å². The van der Waals surface area contributed by atoms with Crippen LogP contribution in [0.2, 0.25) is 0 Å². The van der Waals surface area contributed by atoms with Crippen molar-refractivity contribution < 1.29 is 35.9 Å². The lowest BCUT2D eigenvalue weighted by molar-refractivity contribution is -0.0814. The van der Waals surface area contributed by atoms with Gasteiger partial charge in [-0.05, 0) is 35.4 Å². The first kappa shape index (κ1) is 27.7. The van der Waals surface area contributed by atoms with Crippen molar-refractivity contribution in [2.75, 3.05) is 20.7 Å². The number of benzene rings is 2. The molecule has 0 aliphatic carbocycles. The normalized spacial score (nSPS) is 17.6. The minimum absolute atomic E-state index is 0.0221. The van der Waals surface area contributed by atoms with E-state index in [0.29, 0.717) is 11.3 Å². The summed E-state index contributed by atoms with van der Waals surface area (Å²) in [7, 11) is -0.973. The van der Waals surface area contributed by atoms with E-state index in [1.165, 1.54) is 63.7 Å². The van der Waals surface area contributed by atoms with Gasteiger partial charge in [-0.15, -0.1) is 5.06 Å². The molecule has 14 heteroatoms. The van der Waals surface area contributed by atoms with Crippen LogP contribution in [-0.4, -0.2) is 55.8 Å². The van der Waals surface area contributed by atoms with Crippen LogP contribution in [0, 0.1) is 5.82 Å². The van der Waals surface area contributed by atoms with Crippen LogP contribution in [0.4, 0.5) is 13.2 Å². The van der Waals surface area contributed by atoms with Crippen LogP contribution in [0.3, 0.4) is 0 Å². The Bertz CT molecular complexity index is 1630. The number of aromatic nitrogens is 1. The molecule has 40 heavy (non-hydrogen) atoms. The molecule has 0 amide bonds. The van der Waals surface area contributed by atoms with Gasteiger partial charge >= 0.3 is 6.61 Å². The first-order valence-electron chi connectivity index (χ1n) is 12.1. The summed E-state index contributed by atoms with van der Waals surface area (Å²) in [6.45, 7) is -3.00. The number of alkyl halides is 2. The van der Waals surface area contributed by atoms with E-state index in [2.05, 4.69) is 9.46 Å². The number of fused-ring (bicyclic) bond motifs is 1. The Morgan fingerprint density at radius 3 is 2.65 bits per heavy atom. The molecule has 2 aliphatic rings. The van der Waals surface area contributed by atoms with E-state index in [-0.39, 0.29) is 47.8 Å². The molecule has 0 bridgehead atoms. The summed E-state index contributed by atoms with van der Waals surface area (Å²) in [5.74, 6) is -0.713. The molecule has 0 spiro atoms. The highest BCUT2D eigenvalue weighted by molar-refractivity contribution is 7.87. The standard InChI is InChI=1S/C26H25F3N4O6S/c1-31-24(9-11-38-31)30-40(35,36)32-10-8-21-17(15-32)6-7-25(34)33(21)22-14-20(27)19(13-23(22)37-2)16-4-3-5-18(12-16)39-26(28)29/h3-7,9,11-14,24,26,30H,8,10,15H2,1-2H3. The molecule has 10 nitrogen and oxygen atoms in total. The van der Waals surface area contributed by atoms with Crippen molar-refractivity contribution in [3.05, 3.63) is 88.3 Å². The molecule has 0 radical (unpaired) electrons. The minimum atomic E-state index is -3.92. The molecular weight excluding hydrogens is 553 g/mol. The van der Waals surface area contributed by atoms with Gasteiger partial charge in [0.2, 0.25) is 0 Å². The average Bonchev–Trinajstić information content (AvgIpc) is 3.31. The SMILES string of the molecule is COc1cc(-c2cccc(OC(F)F)c2)c(F)cc1-n1c2c(ccc1=O)CN(S(=O)(=O)NC1C=CON1C)CC2. The highest BCUT2D eigenvalue weighted by Gasteiger charge is 2.32. The van der Waals surface area contributed by atoms with Crippen molar-refractivity contribution in [1.29, 1.82) is 0 Å². The Hall–Kier alpha value is -3.85. The van der Waals surface area contributed by atoms with Gasteiger partial charge in [0.25, 0.3) is 15.8 Å². The van der Waals surface area contributed by atoms with Crippen molar-refractivity contribution in [2.24, 2.45) is 0 Å². The van der Waals surface area contributed by atoms with E-state index in [0.717, 1.165) is 6.07 Å². The highest BCUT2D eigenvalue weighted by atomic mass is 32.2. The maximum atomic E-state index is 15.5. The van der Waals surface area contributed by atoms with Crippen molar-refractivity contribution in [3.63, 3.8) is 0 Å². The molecule has 2 aromatic carbocycles. The largest absolute Gasteiger partial charge is 0.495 e. The summed E-state index contributed by atoms with van der Waals surface area (Å²) in [4.78, 5) is 18.2. The second-order valence-electron chi connectivity index (χ2n) is 9.02. The molecule has 0 saturated carbocycles. The Labute approximate surface area is 227 Å². The molecule has 0 saturated heterocycles. The van der Waals surface area contributed by atoms with Gasteiger partial charge in [-0.2, -0.15) is 26.2 Å². The van der Waals surface area contributed by atoms with E-state index in [1.807, 2.05) is 0 Å². The maximum Gasteiger partial charge on any atom is 0.387 e. The molecule has 2 aliphatic heterocycles. The summed E-state index contributed by atoms with van der Waals surface area (Å²) < 4.78 is 81.9. The number of likely N-dealkylation sites (N-methyl/N-ethyl adjacent to an activating group) is 1. The lowest BCUT2D eigenvalue weighted by Crippen LogP contribution is -2.50. The van der Waals surface area contributed by atoms with Gasteiger partial charge in [0.15, 0.2) is 0 Å².